The highest BCUT2D eigenvalue weighted by Crippen LogP contribution is 2.35. The Morgan fingerprint density at radius 3 is 2.38 bits per heavy atom. The van der Waals surface area contributed by atoms with E-state index >= 15 is 0 Å². The molecule has 2 N–H and O–H groups in total. The largest absolute Gasteiger partial charge is 0.438 e. The second-order valence-corrected chi connectivity index (χ2v) is 9.84. The van der Waals surface area contributed by atoms with E-state index in [1.165, 1.54) is 4.90 Å². The van der Waals surface area contributed by atoms with Crippen molar-refractivity contribution < 1.29 is 19.1 Å². The number of hydrogen-bond acceptors (Lipinski definition) is 4. The summed E-state index contributed by atoms with van der Waals surface area (Å²) >= 11 is 0. The third kappa shape index (κ3) is 6.76. The van der Waals surface area contributed by atoms with Gasteiger partial charge in [0.25, 0.3) is 0 Å². The molecule has 3 aromatic rings. The molecular weight excluding hydrogens is 466 g/mol. The van der Waals surface area contributed by atoms with E-state index in [2.05, 4.69) is 10.6 Å². The number of nitrogens with one attached hydrogen (secondary N) is 2. The van der Waals surface area contributed by atoms with Crippen LogP contribution in [0, 0.1) is 12.8 Å². The maximum absolute atomic E-state index is 13.3. The lowest BCUT2D eigenvalue weighted by Gasteiger charge is -2.25. The number of hydrogen-bond donors (Lipinski definition) is 2. The third-order valence-electron chi connectivity index (χ3n) is 6.22. The van der Waals surface area contributed by atoms with E-state index in [1.807, 2.05) is 81.4 Å². The van der Waals surface area contributed by atoms with E-state index in [4.69, 9.17) is 4.74 Å². The quantitative estimate of drug-likeness (QED) is 0.433. The van der Waals surface area contributed by atoms with Crippen molar-refractivity contribution >= 4 is 23.6 Å². The number of amides is 3. The molecule has 3 aromatic carbocycles. The molecule has 1 aliphatic rings. The van der Waals surface area contributed by atoms with Crippen LogP contribution < -0.4 is 10.6 Å². The Morgan fingerprint density at radius 2 is 1.68 bits per heavy atom. The van der Waals surface area contributed by atoms with Gasteiger partial charge in [0.05, 0.1) is 13.0 Å². The monoisotopic (exact) mass is 499 g/mol. The van der Waals surface area contributed by atoms with Gasteiger partial charge in [-0.2, -0.15) is 0 Å². The van der Waals surface area contributed by atoms with Gasteiger partial charge in [-0.05, 0) is 41.7 Å². The fourth-order valence-electron chi connectivity index (χ4n) is 4.29. The molecule has 0 bridgehead atoms. The summed E-state index contributed by atoms with van der Waals surface area (Å²) in [4.78, 5) is 40.4. The van der Waals surface area contributed by atoms with Crippen molar-refractivity contribution in [1.82, 2.24) is 10.2 Å². The van der Waals surface area contributed by atoms with Gasteiger partial charge in [0, 0.05) is 12.2 Å². The number of carbonyl (C=O) groups is 3. The number of rotatable bonds is 9. The Balaban J connectivity index is 1.56. The second kappa shape index (κ2) is 11.7. The molecular formula is C30H33N3O4. The summed E-state index contributed by atoms with van der Waals surface area (Å²) in [6.45, 7) is 6.77. The standard InChI is InChI=1S/C30H33N3O4/c1-20(2)18-31-29(35)27-28(37-30(36)33(27)19-23-14-12-21(3)13-15-23)24-10-7-11-25(17-24)32-26(34)16-22-8-5-4-6-9-22/h4-15,17,20,27-28H,16,18-19H2,1-3H3,(H,31,35)(H,32,34)/t27-,28-/m1/s1. The maximum atomic E-state index is 13.3. The molecule has 1 saturated heterocycles. The molecule has 7 nitrogen and oxygen atoms in total. The number of aryl methyl sites for hydroxylation is 1. The highest BCUT2D eigenvalue weighted by Gasteiger charge is 2.47. The molecule has 4 rings (SSSR count). The van der Waals surface area contributed by atoms with Crippen molar-refractivity contribution in [3.05, 3.63) is 101 Å². The van der Waals surface area contributed by atoms with Crippen molar-refractivity contribution in [2.75, 3.05) is 11.9 Å². The molecule has 0 spiro atoms. The van der Waals surface area contributed by atoms with Gasteiger partial charge in [-0.1, -0.05) is 86.1 Å². The van der Waals surface area contributed by atoms with Crippen molar-refractivity contribution in [3.8, 4) is 0 Å². The minimum Gasteiger partial charge on any atom is -0.438 e. The maximum Gasteiger partial charge on any atom is 0.411 e. The first-order chi connectivity index (χ1) is 17.8. The molecule has 1 heterocycles. The van der Waals surface area contributed by atoms with Crippen molar-refractivity contribution in [1.29, 1.82) is 0 Å². The number of nitrogens with zero attached hydrogens (tertiary/aromatic N) is 1. The molecule has 0 saturated carbocycles. The summed E-state index contributed by atoms with van der Waals surface area (Å²) in [6.07, 6.45) is -1.11. The van der Waals surface area contributed by atoms with Crippen molar-refractivity contribution in [2.45, 2.75) is 45.9 Å². The van der Waals surface area contributed by atoms with Crippen LogP contribution in [0.2, 0.25) is 0 Å². The van der Waals surface area contributed by atoms with Crippen molar-refractivity contribution in [2.24, 2.45) is 5.92 Å². The first-order valence-electron chi connectivity index (χ1n) is 12.5. The highest BCUT2D eigenvalue weighted by molar-refractivity contribution is 5.92. The average molecular weight is 500 g/mol. The summed E-state index contributed by atoms with van der Waals surface area (Å²) in [5, 5.41) is 5.87. The lowest BCUT2D eigenvalue weighted by atomic mass is 9.99. The van der Waals surface area contributed by atoms with Gasteiger partial charge in [-0.3, -0.25) is 14.5 Å². The van der Waals surface area contributed by atoms with Gasteiger partial charge < -0.3 is 15.4 Å². The lowest BCUT2D eigenvalue weighted by Crippen LogP contribution is -2.47. The number of carbonyl (C=O) groups excluding carboxylic acids is 3. The van der Waals surface area contributed by atoms with E-state index in [1.54, 1.807) is 18.2 Å². The van der Waals surface area contributed by atoms with Gasteiger partial charge >= 0.3 is 6.09 Å². The Hall–Kier alpha value is -4.13. The summed E-state index contributed by atoms with van der Waals surface area (Å²) < 4.78 is 5.77. The van der Waals surface area contributed by atoms with Crippen LogP contribution in [0.15, 0.2) is 78.9 Å². The molecule has 192 valence electrons. The number of ether oxygens (including phenoxy) is 1. The molecule has 0 radical (unpaired) electrons. The summed E-state index contributed by atoms with van der Waals surface area (Å²) in [6, 6.07) is 23.6. The Bertz CT molecular complexity index is 1240. The molecule has 37 heavy (non-hydrogen) atoms. The van der Waals surface area contributed by atoms with Crippen LogP contribution in [0.1, 0.15) is 42.2 Å². The fraction of sp³-hybridized carbons (Fsp3) is 0.300. The second-order valence-electron chi connectivity index (χ2n) is 9.84. The number of benzene rings is 3. The third-order valence-corrected chi connectivity index (χ3v) is 6.22. The van der Waals surface area contributed by atoms with Gasteiger partial charge in [0.2, 0.25) is 11.8 Å². The van der Waals surface area contributed by atoms with Gasteiger partial charge in [-0.25, -0.2) is 4.79 Å². The van der Waals surface area contributed by atoms with Crippen LogP contribution in [-0.2, 0) is 27.3 Å². The SMILES string of the molecule is Cc1ccc(CN2C(=O)O[C@H](c3cccc(NC(=O)Cc4ccccc4)c3)[C@@H]2C(=O)NCC(C)C)cc1. The number of anilines is 1. The van der Waals surface area contributed by atoms with Crippen LogP contribution >= 0.6 is 0 Å². The lowest BCUT2D eigenvalue weighted by molar-refractivity contribution is -0.126. The normalized spacial score (nSPS) is 17.0. The van der Waals surface area contributed by atoms with Crippen LogP contribution in [0.3, 0.4) is 0 Å². The number of cyclic esters (lactones) is 1. The molecule has 2 atom stereocenters. The van der Waals surface area contributed by atoms with Crippen LogP contribution in [-0.4, -0.2) is 35.4 Å². The Kier molecular flexibility index (Phi) is 8.23. The minimum atomic E-state index is -0.845. The molecule has 0 aromatic heterocycles. The minimum absolute atomic E-state index is 0.154. The van der Waals surface area contributed by atoms with Gasteiger partial charge in [0.1, 0.15) is 0 Å². The smallest absolute Gasteiger partial charge is 0.411 e. The van der Waals surface area contributed by atoms with Gasteiger partial charge in [0.15, 0.2) is 12.1 Å². The summed E-state index contributed by atoms with van der Waals surface area (Å²) in [7, 11) is 0. The van der Waals surface area contributed by atoms with E-state index < -0.39 is 18.2 Å². The van der Waals surface area contributed by atoms with Gasteiger partial charge in [-0.15, -0.1) is 0 Å². The zero-order valence-electron chi connectivity index (χ0n) is 21.4. The first kappa shape index (κ1) is 25.9. The predicted octanol–water partition coefficient (Wildman–Crippen LogP) is 5.01. The Labute approximate surface area is 217 Å². The van der Waals surface area contributed by atoms with Crippen molar-refractivity contribution in [3.63, 3.8) is 0 Å². The molecule has 1 aliphatic heterocycles. The first-order valence-corrected chi connectivity index (χ1v) is 12.5. The van der Waals surface area contributed by atoms with E-state index in [0.717, 1.165) is 16.7 Å². The zero-order valence-corrected chi connectivity index (χ0v) is 21.4. The molecule has 3 amide bonds. The predicted molar refractivity (Wildman–Crippen MR) is 143 cm³/mol. The average Bonchev–Trinajstić information content (AvgIpc) is 3.20. The fourth-order valence-corrected chi connectivity index (χ4v) is 4.29. The molecule has 0 aliphatic carbocycles. The van der Waals surface area contributed by atoms with Crippen LogP contribution in [0.25, 0.3) is 0 Å². The topological polar surface area (TPSA) is 87.7 Å². The molecule has 1 fully saturated rings. The summed E-state index contributed by atoms with van der Waals surface area (Å²) in [5.41, 5.74) is 4.15. The zero-order chi connectivity index (χ0) is 26.4. The van der Waals surface area contributed by atoms with E-state index in [-0.39, 0.29) is 30.7 Å². The molecule has 7 heteroatoms. The van der Waals surface area contributed by atoms with E-state index in [9.17, 15) is 14.4 Å². The van der Waals surface area contributed by atoms with Crippen LogP contribution in [0.5, 0.6) is 0 Å². The van der Waals surface area contributed by atoms with E-state index in [0.29, 0.717) is 17.8 Å². The molecule has 0 unspecified atom stereocenters. The Morgan fingerprint density at radius 1 is 0.946 bits per heavy atom. The summed E-state index contributed by atoms with van der Waals surface area (Å²) in [5.74, 6) is -0.164. The van der Waals surface area contributed by atoms with Crippen LogP contribution in [0.4, 0.5) is 10.5 Å². The highest BCUT2D eigenvalue weighted by atomic mass is 16.6.